The summed E-state index contributed by atoms with van der Waals surface area (Å²) >= 11 is 0. The molecule has 0 saturated carbocycles. The lowest BCUT2D eigenvalue weighted by atomic mass is 10.1. The Labute approximate surface area is 165 Å². The van der Waals surface area contributed by atoms with E-state index in [1.54, 1.807) is 31.2 Å². The summed E-state index contributed by atoms with van der Waals surface area (Å²) in [6.07, 6.45) is 0. The van der Waals surface area contributed by atoms with Crippen LogP contribution in [0.5, 0.6) is 0 Å². The lowest BCUT2D eigenvalue weighted by molar-refractivity contribution is 0.0518. The molecule has 7 nitrogen and oxygen atoms in total. The minimum atomic E-state index is -0.803. The van der Waals surface area contributed by atoms with Gasteiger partial charge in [0.25, 0.3) is 11.5 Å². The largest absolute Gasteiger partial charge is 0.461 e. The Morgan fingerprint density at radius 3 is 2.38 bits per heavy atom. The summed E-state index contributed by atoms with van der Waals surface area (Å²) in [5.74, 6) is -1.78. The molecule has 1 aromatic heterocycles. The van der Waals surface area contributed by atoms with Crippen LogP contribution in [0.1, 0.15) is 33.3 Å². The normalized spacial score (nSPS) is 10.4. The molecule has 0 atom stereocenters. The zero-order chi connectivity index (χ0) is 21.0. The number of aryl methyl sites for hydroxylation is 1. The number of nitrogens with one attached hydrogen (secondary N) is 1. The predicted molar refractivity (Wildman–Crippen MR) is 105 cm³/mol. The Balaban J connectivity index is 2.03. The van der Waals surface area contributed by atoms with Crippen LogP contribution in [0, 0.1) is 12.7 Å². The van der Waals surface area contributed by atoms with E-state index in [9.17, 15) is 18.8 Å². The number of halogens is 1. The number of carbonyl (C=O) groups is 2. The molecule has 0 saturated heterocycles. The van der Waals surface area contributed by atoms with Crippen LogP contribution >= 0.6 is 0 Å². The van der Waals surface area contributed by atoms with Crippen LogP contribution in [0.4, 0.5) is 10.1 Å². The maximum atomic E-state index is 13.2. The van der Waals surface area contributed by atoms with Crippen molar-refractivity contribution in [1.29, 1.82) is 0 Å². The number of nitrogens with zero attached hydrogens (tertiary/aromatic N) is 2. The van der Waals surface area contributed by atoms with Gasteiger partial charge in [-0.2, -0.15) is 9.78 Å². The van der Waals surface area contributed by atoms with Crippen molar-refractivity contribution in [2.45, 2.75) is 13.8 Å². The maximum absolute atomic E-state index is 13.2. The third-order valence-electron chi connectivity index (χ3n) is 4.03. The first-order valence-electron chi connectivity index (χ1n) is 8.84. The van der Waals surface area contributed by atoms with E-state index in [0.717, 1.165) is 16.3 Å². The molecule has 1 N–H and O–H groups in total. The fraction of sp³-hybridized carbons (Fsp3) is 0.143. The number of hydrogen-bond acceptors (Lipinski definition) is 5. The molecular formula is C21H18FN3O4. The molecule has 148 valence electrons. The van der Waals surface area contributed by atoms with E-state index < -0.39 is 23.3 Å². The van der Waals surface area contributed by atoms with E-state index in [0.29, 0.717) is 5.56 Å². The fourth-order valence-corrected chi connectivity index (χ4v) is 2.57. The zero-order valence-electron chi connectivity index (χ0n) is 15.8. The van der Waals surface area contributed by atoms with E-state index in [1.165, 1.54) is 24.3 Å². The Morgan fingerprint density at radius 1 is 1.10 bits per heavy atom. The number of amides is 1. The van der Waals surface area contributed by atoms with Crippen molar-refractivity contribution in [1.82, 2.24) is 9.78 Å². The first kappa shape index (κ1) is 19.9. The third-order valence-corrected chi connectivity index (χ3v) is 4.03. The number of benzene rings is 2. The molecule has 0 bridgehead atoms. The number of carbonyl (C=O) groups excluding carboxylic acids is 2. The van der Waals surface area contributed by atoms with Gasteiger partial charge < -0.3 is 10.1 Å². The topological polar surface area (TPSA) is 90.3 Å². The molecule has 3 rings (SSSR count). The molecule has 0 fully saturated rings. The van der Waals surface area contributed by atoms with Crippen molar-refractivity contribution in [2.24, 2.45) is 0 Å². The SMILES string of the molecule is CCOC(=O)c1nn(-c2ccc(F)cc2)c(=O)cc1NC(=O)c1ccc(C)cc1. The summed E-state index contributed by atoms with van der Waals surface area (Å²) in [4.78, 5) is 37.4. The Morgan fingerprint density at radius 2 is 1.76 bits per heavy atom. The van der Waals surface area contributed by atoms with Crippen LogP contribution < -0.4 is 10.9 Å². The summed E-state index contributed by atoms with van der Waals surface area (Å²) in [5.41, 5.74) is 0.682. The summed E-state index contributed by atoms with van der Waals surface area (Å²) in [6, 6.07) is 12.9. The molecule has 0 radical (unpaired) electrons. The molecule has 0 aliphatic rings. The van der Waals surface area contributed by atoms with Crippen LogP contribution in [0.15, 0.2) is 59.4 Å². The minimum absolute atomic E-state index is 0.0719. The van der Waals surface area contributed by atoms with E-state index in [4.69, 9.17) is 4.74 Å². The second kappa shape index (κ2) is 8.47. The summed E-state index contributed by atoms with van der Waals surface area (Å²) in [5, 5.41) is 6.58. The highest BCUT2D eigenvalue weighted by atomic mass is 19.1. The van der Waals surface area contributed by atoms with Crippen LogP contribution in [-0.4, -0.2) is 28.3 Å². The molecule has 3 aromatic rings. The molecule has 0 aliphatic heterocycles. The van der Waals surface area contributed by atoms with Gasteiger partial charge in [-0.05, 0) is 50.2 Å². The number of rotatable bonds is 5. The quantitative estimate of drug-likeness (QED) is 0.671. The number of esters is 1. The van der Waals surface area contributed by atoms with Gasteiger partial charge in [0.2, 0.25) is 0 Å². The summed E-state index contributed by atoms with van der Waals surface area (Å²) in [6.45, 7) is 3.60. The molecule has 29 heavy (non-hydrogen) atoms. The first-order chi connectivity index (χ1) is 13.9. The van der Waals surface area contributed by atoms with Gasteiger partial charge in [-0.3, -0.25) is 9.59 Å². The van der Waals surface area contributed by atoms with Crippen molar-refractivity contribution in [2.75, 3.05) is 11.9 Å². The lowest BCUT2D eigenvalue weighted by Crippen LogP contribution is -2.27. The van der Waals surface area contributed by atoms with Gasteiger partial charge in [-0.15, -0.1) is 0 Å². The predicted octanol–water partition coefficient (Wildman–Crippen LogP) is 3.11. The van der Waals surface area contributed by atoms with E-state index in [1.807, 2.05) is 6.92 Å². The van der Waals surface area contributed by atoms with Crippen LogP contribution in [0.2, 0.25) is 0 Å². The zero-order valence-corrected chi connectivity index (χ0v) is 15.8. The Kier molecular flexibility index (Phi) is 5.82. The number of anilines is 1. The van der Waals surface area contributed by atoms with Crippen molar-refractivity contribution in [3.63, 3.8) is 0 Å². The van der Waals surface area contributed by atoms with Gasteiger partial charge in [0.1, 0.15) is 5.82 Å². The highest BCUT2D eigenvalue weighted by Gasteiger charge is 2.20. The van der Waals surface area contributed by atoms with Crippen molar-refractivity contribution in [3.8, 4) is 5.69 Å². The molecular weight excluding hydrogens is 377 g/mol. The molecule has 0 unspecified atom stereocenters. The smallest absolute Gasteiger partial charge is 0.360 e. The Hall–Kier alpha value is -3.81. The fourth-order valence-electron chi connectivity index (χ4n) is 2.57. The van der Waals surface area contributed by atoms with Gasteiger partial charge in [0.05, 0.1) is 18.0 Å². The monoisotopic (exact) mass is 395 g/mol. The number of hydrogen-bond donors (Lipinski definition) is 1. The highest BCUT2D eigenvalue weighted by molar-refractivity contribution is 6.07. The van der Waals surface area contributed by atoms with E-state index in [-0.39, 0.29) is 23.7 Å². The van der Waals surface area contributed by atoms with Gasteiger partial charge in [-0.25, -0.2) is 9.18 Å². The van der Waals surface area contributed by atoms with Gasteiger partial charge in [-0.1, -0.05) is 17.7 Å². The van der Waals surface area contributed by atoms with E-state index >= 15 is 0 Å². The van der Waals surface area contributed by atoms with Gasteiger partial charge in [0, 0.05) is 11.6 Å². The third kappa shape index (κ3) is 4.55. The molecule has 1 amide bonds. The molecule has 1 heterocycles. The first-order valence-corrected chi connectivity index (χ1v) is 8.84. The number of ether oxygens (including phenoxy) is 1. The average Bonchev–Trinajstić information content (AvgIpc) is 2.69. The standard InChI is InChI=1S/C21H18FN3O4/c1-3-29-21(28)19-17(23-20(27)14-6-4-13(2)5-7-14)12-18(26)25(24-19)16-10-8-15(22)9-11-16/h4-12H,3H2,1-2H3,(H,23,27). The van der Waals surface area contributed by atoms with Crippen LogP contribution in [0.3, 0.4) is 0 Å². The number of aromatic nitrogens is 2. The summed E-state index contributed by atoms with van der Waals surface area (Å²) in [7, 11) is 0. The van der Waals surface area contributed by atoms with Crippen molar-refractivity contribution >= 4 is 17.6 Å². The molecule has 2 aromatic carbocycles. The maximum Gasteiger partial charge on any atom is 0.360 e. The summed E-state index contributed by atoms with van der Waals surface area (Å²) < 4.78 is 19.1. The molecule has 0 aliphatic carbocycles. The van der Waals surface area contributed by atoms with E-state index in [2.05, 4.69) is 10.4 Å². The average molecular weight is 395 g/mol. The van der Waals surface area contributed by atoms with Crippen molar-refractivity contribution in [3.05, 3.63) is 87.6 Å². The molecule has 0 spiro atoms. The second-order valence-corrected chi connectivity index (χ2v) is 6.17. The Bertz CT molecular complexity index is 1110. The van der Waals surface area contributed by atoms with Crippen LogP contribution in [-0.2, 0) is 4.74 Å². The molecule has 8 heteroatoms. The van der Waals surface area contributed by atoms with Crippen LogP contribution in [0.25, 0.3) is 5.69 Å². The minimum Gasteiger partial charge on any atom is -0.461 e. The highest BCUT2D eigenvalue weighted by Crippen LogP contribution is 2.16. The lowest BCUT2D eigenvalue weighted by Gasteiger charge is -2.12. The van der Waals surface area contributed by atoms with Gasteiger partial charge in [0.15, 0.2) is 5.69 Å². The van der Waals surface area contributed by atoms with Crippen molar-refractivity contribution < 1.29 is 18.7 Å². The van der Waals surface area contributed by atoms with Gasteiger partial charge >= 0.3 is 5.97 Å². The second-order valence-electron chi connectivity index (χ2n) is 6.17.